The molecule has 1 aromatic carbocycles. The lowest BCUT2D eigenvalue weighted by Crippen LogP contribution is -2.31. The Bertz CT molecular complexity index is 1500. The molecule has 2 aliphatic carbocycles. The van der Waals surface area contributed by atoms with E-state index in [9.17, 15) is 4.79 Å². The van der Waals surface area contributed by atoms with E-state index in [4.69, 9.17) is 14.8 Å². The number of anilines is 1. The molecule has 3 fully saturated rings. The van der Waals surface area contributed by atoms with Crippen molar-refractivity contribution in [2.75, 3.05) is 32.6 Å². The van der Waals surface area contributed by atoms with Crippen LogP contribution in [0.3, 0.4) is 0 Å². The van der Waals surface area contributed by atoms with Crippen molar-refractivity contribution in [3.63, 3.8) is 0 Å². The molecule has 2 saturated carbocycles. The number of benzene rings is 1. The van der Waals surface area contributed by atoms with Gasteiger partial charge >= 0.3 is 0 Å². The van der Waals surface area contributed by atoms with Gasteiger partial charge in [0, 0.05) is 36.5 Å². The molecule has 3 aromatic heterocycles. The number of piperidine rings is 1. The van der Waals surface area contributed by atoms with Gasteiger partial charge in [0.1, 0.15) is 23.2 Å². The molecule has 36 heavy (non-hydrogen) atoms. The Labute approximate surface area is 208 Å². The molecule has 4 heterocycles. The molecule has 9 nitrogen and oxygen atoms in total. The molecule has 0 bridgehead atoms. The first-order valence-electron chi connectivity index (χ1n) is 12.4. The average Bonchev–Trinajstić information content (AvgIpc) is 3.79. The number of carbonyl (C=O) groups is 1. The smallest absolute Gasteiger partial charge is 0.233 e. The molecule has 1 aliphatic heterocycles. The lowest BCUT2D eigenvalue weighted by atomic mass is 10.0. The van der Waals surface area contributed by atoms with Gasteiger partial charge in [0.05, 0.1) is 24.1 Å². The van der Waals surface area contributed by atoms with Gasteiger partial charge in [0.25, 0.3) is 0 Å². The highest BCUT2D eigenvalue weighted by Gasteiger charge is 2.64. The van der Waals surface area contributed by atoms with Gasteiger partial charge in [-0.15, -0.1) is 0 Å². The van der Waals surface area contributed by atoms with Gasteiger partial charge in [-0.1, -0.05) is 30.3 Å². The fourth-order valence-electron chi connectivity index (χ4n) is 5.63. The maximum Gasteiger partial charge on any atom is 0.233 e. The molecule has 7 rings (SSSR count). The normalized spacial score (nSPS) is 23.0. The summed E-state index contributed by atoms with van der Waals surface area (Å²) in [5, 5.41) is 8.01. The highest BCUT2D eigenvalue weighted by Crippen LogP contribution is 2.58. The summed E-state index contributed by atoms with van der Waals surface area (Å²) in [6, 6.07) is 12.4. The third-order valence-electron chi connectivity index (χ3n) is 7.75. The molecule has 9 heteroatoms. The molecule has 0 radical (unpaired) electrons. The molecular formula is C27H27N7O2. The summed E-state index contributed by atoms with van der Waals surface area (Å²) >= 11 is 0. The van der Waals surface area contributed by atoms with Crippen LogP contribution in [0.4, 0.5) is 5.82 Å². The Kier molecular flexibility index (Phi) is 4.66. The van der Waals surface area contributed by atoms with Crippen molar-refractivity contribution < 1.29 is 9.53 Å². The summed E-state index contributed by atoms with van der Waals surface area (Å²) in [6.45, 7) is 1.73. The van der Waals surface area contributed by atoms with Gasteiger partial charge in [-0.2, -0.15) is 5.10 Å². The van der Waals surface area contributed by atoms with Crippen molar-refractivity contribution in [2.45, 2.75) is 25.3 Å². The van der Waals surface area contributed by atoms with Crippen LogP contribution in [0.15, 0.2) is 48.9 Å². The molecule has 1 saturated heterocycles. The summed E-state index contributed by atoms with van der Waals surface area (Å²) in [4.78, 5) is 29.5. The maximum absolute atomic E-state index is 13.3. The van der Waals surface area contributed by atoms with Crippen molar-refractivity contribution in [3.8, 4) is 28.3 Å². The predicted molar refractivity (Wildman–Crippen MR) is 135 cm³/mol. The third kappa shape index (κ3) is 3.37. The van der Waals surface area contributed by atoms with Crippen LogP contribution in [0.2, 0.25) is 0 Å². The standard InChI is InChI=1S/C27H27N7O2/c1-33-12-17-11-27(17,14-33)26(35)31-25-21(36-2)10-20-24(30-25)23(29-15-28-20)19-13-34(18-8-9-18)32-22(19)16-6-4-3-5-7-16/h3-7,10,13,15,17-18H,8-9,11-12,14H2,1-2H3,(H,30,31,35)/t17-,27-/m1/s1. The highest BCUT2D eigenvalue weighted by atomic mass is 16.5. The van der Waals surface area contributed by atoms with Crippen LogP contribution in [-0.4, -0.2) is 62.8 Å². The molecule has 2 atom stereocenters. The van der Waals surface area contributed by atoms with Crippen LogP contribution >= 0.6 is 0 Å². The van der Waals surface area contributed by atoms with Gasteiger partial charge in [0.2, 0.25) is 5.91 Å². The molecule has 3 aliphatic rings. The van der Waals surface area contributed by atoms with E-state index < -0.39 is 0 Å². The number of ether oxygens (including phenoxy) is 1. The summed E-state index contributed by atoms with van der Waals surface area (Å²) in [5.74, 6) is 1.30. The van der Waals surface area contributed by atoms with Crippen LogP contribution in [-0.2, 0) is 4.79 Å². The Hall–Kier alpha value is -3.85. The minimum absolute atomic E-state index is 0.00641. The minimum Gasteiger partial charge on any atom is -0.493 e. The predicted octanol–water partition coefficient (Wildman–Crippen LogP) is 3.79. The van der Waals surface area contributed by atoms with E-state index in [1.807, 2.05) is 28.9 Å². The van der Waals surface area contributed by atoms with Gasteiger partial charge in [-0.25, -0.2) is 15.0 Å². The number of pyridine rings is 1. The van der Waals surface area contributed by atoms with Crippen LogP contribution in [0.25, 0.3) is 33.5 Å². The quantitative estimate of drug-likeness (QED) is 0.447. The summed E-state index contributed by atoms with van der Waals surface area (Å²) in [7, 11) is 3.64. The Morgan fingerprint density at radius 1 is 1.17 bits per heavy atom. The molecule has 1 amide bonds. The fourth-order valence-corrected chi connectivity index (χ4v) is 5.63. The summed E-state index contributed by atoms with van der Waals surface area (Å²) < 4.78 is 7.65. The van der Waals surface area contributed by atoms with E-state index in [0.29, 0.717) is 40.3 Å². The van der Waals surface area contributed by atoms with Crippen molar-refractivity contribution >= 4 is 22.8 Å². The number of nitrogens with one attached hydrogen (secondary N) is 1. The van der Waals surface area contributed by atoms with Crippen LogP contribution in [0.1, 0.15) is 25.3 Å². The Morgan fingerprint density at radius 3 is 2.72 bits per heavy atom. The topological polar surface area (TPSA) is 98.1 Å². The monoisotopic (exact) mass is 481 g/mol. The number of fused-ring (bicyclic) bond motifs is 2. The number of carbonyl (C=O) groups excluding carboxylic acids is 1. The van der Waals surface area contributed by atoms with Crippen molar-refractivity contribution in [3.05, 3.63) is 48.9 Å². The van der Waals surface area contributed by atoms with E-state index >= 15 is 0 Å². The van der Waals surface area contributed by atoms with E-state index in [1.54, 1.807) is 13.4 Å². The Morgan fingerprint density at radius 2 is 2.00 bits per heavy atom. The molecule has 1 N–H and O–H groups in total. The summed E-state index contributed by atoms with van der Waals surface area (Å²) in [5.41, 5.74) is 4.40. The second-order valence-electron chi connectivity index (χ2n) is 10.3. The van der Waals surface area contributed by atoms with Gasteiger partial charge in [0.15, 0.2) is 11.6 Å². The SMILES string of the molecule is COc1cc2ncnc(-c3cn(C4CC4)nc3-c3ccccc3)c2nc1NC(=O)[C@@]12C[C@@H]1CN(C)C2. The van der Waals surface area contributed by atoms with Gasteiger partial charge in [-0.3, -0.25) is 9.48 Å². The van der Waals surface area contributed by atoms with Crippen molar-refractivity contribution in [1.29, 1.82) is 0 Å². The lowest BCUT2D eigenvalue weighted by molar-refractivity contribution is -0.121. The number of methoxy groups -OCH3 is 1. The molecule has 4 aromatic rings. The van der Waals surface area contributed by atoms with Crippen LogP contribution < -0.4 is 10.1 Å². The third-order valence-corrected chi connectivity index (χ3v) is 7.75. The van der Waals surface area contributed by atoms with Gasteiger partial charge < -0.3 is 15.0 Å². The van der Waals surface area contributed by atoms with E-state index in [2.05, 4.69) is 45.6 Å². The van der Waals surface area contributed by atoms with Crippen LogP contribution in [0, 0.1) is 11.3 Å². The number of hydrogen-bond acceptors (Lipinski definition) is 7. The highest BCUT2D eigenvalue weighted by molar-refractivity contribution is 6.01. The number of rotatable bonds is 6. The van der Waals surface area contributed by atoms with Crippen LogP contribution in [0.5, 0.6) is 5.75 Å². The average molecular weight is 482 g/mol. The molecular weight excluding hydrogens is 454 g/mol. The Balaban J connectivity index is 1.34. The summed E-state index contributed by atoms with van der Waals surface area (Å²) in [6.07, 6.45) is 6.79. The zero-order chi connectivity index (χ0) is 24.4. The van der Waals surface area contributed by atoms with E-state index in [0.717, 1.165) is 49.2 Å². The first-order valence-corrected chi connectivity index (χ1v) is 12.4. The largest absolute Gasteiger partial charge is 0.493 e. The zero-order valence-electron chi connectivity index (χ0n) is 20.3. The number of aromatic nitrogens is 5. The second-order valence-corrected chi connectivity index (χ2v) is 10.3. The fraction of sp³-hybridized carbons (Fsp3) is 0.370. The van der Waals surface area contributed by atoms with E-state index in [-0.39, 0.29) is 11.3 Å². The molecule has 0 unspecified atom stereocenters. The number of nitrogens with zero attached hydrogens (tertiary/aromatic N) is 6. The minimum atomic E-state index is -0.321. The zero-order valence-corrected chi connectivity index (χ0v) is 20.3. The number of amides is 1. The molecule has 0 spiro atoms. The second kappa shape index (κ2) is 7.83. The van der Waals surface area contributed by atoms with Crippen molar-refractivity contribution in [2.24, 2.45) is 11.3 Å². The molecule has 182 valence electrons. The van der Waals surface area contributed by atoms with Crippen molar-refractivity contribution in [1.82, 2.24) is 29.6 Å². The number of likely N-dealkylation sites (tertiary alicyclic amines) is 1. The van der Waals surface area contributed by atoms with Gasteiger partial charge in [-0.05, 0) is 32.2 Å². The maximum atomic E-state index is 13.3. The first kappa shape index (κ1) is 21.4. The lowest BCUT2D eigenvalue weighted by Gasteiger charge is -2.17. The first-order chi connectivity index (χ1) is 17.6. The van der Waals surface area contributed by atoms with E-state index in [1.165, 1.54) is 0 Å². The number of hydrogen-bond donors (Lipinski definition) is 1.